The molecule has 0 aromatic rings. The van der Waals surface area contributed by atoms with E-state index in [1.165, 1.54) is 13.8 Å². The van der Waals surface area contributed by atoms with Gasteiger partial charge in [0.15, 0.2) is 11.6 Å². The lowest BCUT2D eigenvalue weighted by molar-refractivity contribution is -0.151. The summed E-state index contributed by atoms with van der Waals surface area (Å²) < 4.78 is 0. The Morgan fingerprint density at radius 1 is 1.33 bits per heavy atom. The number of allylic oxidation sites excluding steroid dienone is 2. The van der Waals surface area contributed by atoms with Crippen molar-refractivity contribution >= 4 is 17.5 Å². The summed E-state index contributed by atoms with van der Waals surface area (Å²) in [6, 6.07) is 0. The number of aliphatic hydroxyl groups excluding tert-OH is 1. The zero-order chi connectivity index (χ0) is 11.8. The van der Waals surface area contributed by atoms with Crippen LogP contribution in [0.3, 0.4) is 0 Å². The first-order valence-corrected chi connectivity index (χ1v) is 4.47. The lowest BCUT2D eigenvalue weighted by Crippen LogP contribution is -2.36. The van der Waals surface area contributed by atoms with Crippen LogP contribution in [-0.4, -0.2) is 27.7 Å². The minimum Gasteiger partial charge on any atom is -0.511 e. The van der Waals surface area contributed by atoms with Crippen LogP contribution in [0.1, 0.15) is 26.7 Å². The van der Waals surface area contributed by atoms with Gasteiger partial charge >= 0.3 is 5.97 Å². The average Bonchev–Trinajstić information content (AvgIpc) is 2.00. The molecule has 5 heteroatoms. The summed E-state index contributed by atoms with van der Waals surface area (Å²) in [7, 11) is 0. The standard InChI is InChI=1S/C10H12O5/c1-5(11)8-6(12)3-10(2,9(14)15)4-7(8)13/h12H,3-4H2,1-2H3,(H,14,15). The zero-order valence-electron chi connectivity index (χ0n) is 8.53. The van der Waals surface area contributed by atoms with Crippen molar-refractivity contribution in [1.29, 1.82) is 0 Å². The topological polar surface area (TPSA) is 91.7 Å². The van der Waals surface area contributed by atoms with E-state index in [2.05, 4.69) is 0 Å². The number of carboxylic acids is 1. The maximum absolute atomic E-state index is 11.5. The molecule has 0 amide bonds. The number of carbonyl (C=O) groups is 3. The minimum absolute atomic E-state index is 0.178. The lowest BCUT2D eigenvalue weighted by Gasteiger charge is -2.28. The predicted octanol–water partition coefficient (Wildman–Crippen LogP) is 0.841. The number of rotatable bonds is 2. The second-order valence-electron chi connectivity index (χ2n) is 4.02. The molecule has 0 radical (unpaired) electrons. The van der Waals surface area contributed by atoms with Gasteiger partial charge in [-0.1, -0.05) is 0 Å². The predicted molar refractivity (Wildman–Crippen MR) is 50.3 cm³/mol. The summed E-state index contributed by atoms with van der Waals surface area (Å²) in [6.45, 7) is 2.55. The van der Waals surface area contributed by atoms with Crippen LogP contribution < -0.4 is 0 Å². The molecule has 0 aliphatic heterocycles. The Balaban J connectivity index is 3.15. The van der Waals surface area contributed by atoms with Gasteiger partial charge < -0.3 is 10.2 Å². The van der Waals surface area contributed by atoms with E-state index in [1.807, 2.05) is 0 Å². The van der Waals surface area contributed by atoms with Crippen molar-refractivity contribution in [3.05, 3.63) is 11.3 Å². The van der Waals surface area contributed by atoms with Gasteiger partial charge in [-0.2, -0.15) is 0 Å². The fraction of sp³-hybridized carbons (Fsp3) is 0.500. The van der Waals surface area contributed by atoms with Crippen molar-refractivity contribution < 1.29 is 24.6 Å². The molecule has 1 aliphatic carbocycles. The van der Waals surface area contributed by atoms with E-state index in [0.29, 0.717) is 0 Å². The summed E-state index contributed by atoms with van der Waals surface area (Å²) in [6.07, 6.45) is -0.426. The number of Topliss-reactive ketones (excluding diaryl/α,β-unsaturated/α-hetero) is 2. The molecule has 0 bridgehead atoms. The Kier molecular flexibility index (Phi) is 2.66. The molecule has 82 valence electrons. The number of carboxylic acid groups (broad SMARTS) is 1. The molecule has 5 nitrogen and oxygen atoms in total. The highest BCUT2D eigenvalue weighted by atomic mass is 16.4. The van der Waals surface area contributed by atoms with Crippen LogP contribution in [-0.2, 0) is 14.4 Å². The van der Waals surface area contributed by atoms with Crippen LogP contribution in [0.4, 0.5) is 0 Å². The highest BCUT2D eigenvalue weighted by Gasteiger charge is 2.43. The quantitative estimate of drug-likeness (QED) is 0.662. The number of aliphatic hydroxyl groups is 1. The van der Waals surface area contributed by atoms with Gasteiger partial charge in [-0.15, -0.1) is 0 Å². The third-order valence-corrected chi connectivity index (χ3v) is 2.54. The number of aliphatic carboxylic acids is 1. The summed E-state index contributed by atoms with van der Waals surface area (Å²) in [5.41, 5.74) is -1.56. The van der Waals surface area contributed by atoms with E-state index < -0.39 is 28.7 Å². The molecule has 0 heterocycles. The molecule has 1 aliphatic rings. The van der Waals surface area contributed by atoms with Crippen LogP contribution in [0.15, 0.2) is 11.3 Å². The fourth-order valence-corrected chi connectivity index (χ4v) is 1.67. The summed E-state index contributed by atoms with van der Waals surface area (Å²) in [5.74, 6) is -2.69. The zero-order valence-corrected chi connectivity index (χ0v) is 8.53. The molecule has 0 saturated carbocycles. The number of ketones is 2. The van der Waals surface area contributed by atoms with E-state index in [9.17, 15) is 19.5 Å². The fourth-order valence-electron chi connectivity index (χ4n) is 1.67. The third kappa shape index (κ3) is 1.91. The second kappa shape index (κ2) is 3.49. The Bertz CT molecular complexity index is 379. The van der Waals surface area contributed by atoms with Crippen LogP contribution in [0, 0.1) is 5.41 Å². The molecule has 0 fully saturated rings. The molecule has 0 spiro atoms. The van der Waals surface area contributed by atoms with Gasteiger partial charge in [0, 0.05) is 12.8 Å². The first-order chi connectivity index (χ1) is 6.78. The van der Waals surface area contributed by atoms with E-state index in [-0.39, 0.29) is 18.4 Å². The largest absolute Gasteiger partial charge is 0.511 e. The molecule has 1 rings (SSSR count). The first kappa shape index (κ1) is 11.4. The molecule has 0 aromatic carbocycles. The van der Waals surface area contributed by atoms with Gasteiger partial charge in [0.25, 0.3) is 0 Å². The number of carbonyl (C=O) groups excluding carboxylic acids is 2. The van der Waals surface area contributed by atoms with Crippen LogP contribution in [0.2, 0.25) is 0 Å². The van der Waals surface area contributed by atoms with Crippen molar-refractivity contribution in [3.8, 4) is 0 Å². The van der Waals surface area contributed by atoms with Crippen LogP contribution >= 0.6 is 0 Å². The number of hydrogen-bond donors (Lipinski definition) is 2. The normalized spacial score (nSPS) is 26.7. The maximum atomic E-state index is 11.5. The van der Waals surface area contributed by atoms with Crippen molar-refractivity contribution in [2.24, 2.45) is 5.41 Å². The van der Waals surface area contributed by atoms with Gasteiger partial charge in [0.2, 0.25) is 0 Å². The Morgan fingerprint density at radius 2 is 1.87 bits per heavy atom. The van der Waals surface area contributed by atoms with E-state index in [0.717, 1.165) is 0 Å². The van der Waals surface area contributed by atoms with Crippen molar-refractivity contribution in [1.82, 2.24) is 0 Å². The smallest absolute Gasteiger partial charge is 0.310 e. The van der Waals surface area contributed by atoms with E-state index >= 15 is 0 Å². The number of hydrogen-bond acceptors (Lipinski definition) is 4. The monoisotopic (exact) mass is 212 g/mol. The Hall–Kier alpha value is -1.65. The second-order valence-corrected chi connectivity index (χ2v) is 4.02. The van der Waals surface area contributed by atoms with E-state index in [1.54, 1.807) is 0 Å². The van der Waals surface area contributed by atoms with Crippen LogP contribution in [0.5, 0.6) is 0 Å². The molecule has 0 saturated heterocycles. The molecular formula is C10H12O5. The van der Waals surface area contributed by atoms with Gasteiger partial charge in [-0.3, -0.25) is 14.4 Å². The molecular weight excluding hydrogens is 200 g/mol. The van der Waals surface area contributed by atoms with Crippen molar-refractivity contribution in [3.63, 3.8) is 0 Å². The lowest BCUT2D eigenvalue weighted by atomic mass is 9.74. The van der Waals surface area contributed by atoms with E-state index in [4.69, 9.17) is 5.11 Å². The molecule has 1 unspecified atom stereocenters. The first-order valence-electron chi connectivity index (χ1n) is 4.47. The average molecular weight is 212 g/mol. The Labute approximate surface area is 86.4 Å². The van der Waals surface area contributed by atoms with Gasteiger partial charge in [0.05, 0.1) is 11.0 Å². The third-order valence-electron chi connectivity index (χ3n) is 2.54. The molecule has 2 N–H and O–H groups in total. The Morgan fingerprint density at radius 3 is 2.20 bits per heavy atom. The highest BCUT2D eigenvalue weighted by molar-refractivity contribution is 6.21. The van der Waals surface area contributed by atoms with Crippen molar-refractivity contribution in [2.75, 3.05) is 0 Å². The summed E-state index contributed by atoms with van der Waals surface area (Å²) >= 11 is 0. The molecule has 1 atom stereocenters. The molecule has 0 aromatic heterocycles. The maximum Gasteiger partial charge on any atom is 0.310 e. The van der Waals surface area contributed by atoms with Gasteiger partial charge in [-0.25, -0.2) is 0 Å². The highest BCUT2D eigenvalue weighted by Crippen LogP contribution is 2.36. The molecule has 15 heavy (non-hydrogen) atoms. The van der Waals surface area contributed by atoms with Crippen LogP contribution in [0.25, 0.3) is 0 Å². The van der Waals surface area contributed by atoms with Gasteiger partial charge in [0.1, 0.15) is 5.76 Å². The summed E-state index contributed by atoms with van der Waals surface area (Å²) in [5, 5.41) is 18.4. The minimum atomic E-state index is -1.31. The van der Waals surface area contributed by atoms with Crippen molar-refractivity contribution in [2.45, 2.75) is 26.7 Å². The summed E-state index contributed by atoms with van der Waals surface area (Å²) in [4.78, 5) is 33.4. The SMILES string of the molecule is CC(=O)C1=C(O)CC(C)(C(=O)O)CC1=O. The van der Waals surface area contributed by atoms with Gasteiger partial charge in [-0.05, 0) is 13.8 Å².